The summed E-state index contributed by atoms with van der Waals surface area (Å²) in [5.41, 5.74) is 0.283. The molecule has 0 saturated heterocycles. The number of aliphatic carboxylic acids is 1. The Morgan fingerprint density at radius 1 is 1.19 bits per heavy atom. The highest BCUT2D eigenvalue weighted by Crippen LogP contribution is 2.40. The Morgan fingerprint density at radius 3 is 2.19 bits per heavy atom. The number of rotatable bonds is 6. The van der Waals surface area contributed by atoms with E-state index in [1.165, 1.54) is 4.90 Å². The van der Waals surface area contributed by atoms with E-state index in [0.29, 0.717) is 19.1 Å². The minimum absolute atomic E-state index is 0.0261. The number of carboxylic acids is 1. The van der Waals surface area contributed by atoms with Crippen molar-refractivity contribution in [2.45, 2.75) is 46.5 Å². The monoisotopic (exact) mass is 299 g/mol. The first-order valence-corrected chi connectivity index (χ1v) is 7.75. The first-order valence-electron chi connectivity index (χ1n) is 7.75. The van der Waals surface area contributed by atoms with E-state index in [2.05, 4.69) is 20.8 Å². The van der Waals surface area contributed by atoms with Crippen LogP contribution in [0.3, 0.4) is 0 Å². The Hall–Kier alpha value is -1.10. The van der Waals surface area contributed by atoms with Gasteiger partial charge >= 0.3 is 5.97 Å². The van der Waals surface area contributed by atoms with Crippen LogP contribution in [0.15, 0.2) is 0 Å². The molecule has 1 fully saturated rings. The Morgan fingerprint density at radius 2 is 1.76 bits per heavy atom. The minimum atomic E-state index is -0.970. The predicted molar refractivity (Wildman–Crippen MR) is 81.0 cm³/mol. The lowest BCUT2D eigenvalue weighted by molar-refractivity contribution is -0.147. The first kappa shape index (κ1) is 18.0. The number of nitrogens with zero attached hydrogens (tertiary/aromatic N) is 1. The summed E-state index contributed by atoms with van der Waals surface area (Å²) in [5, 5.41) is 8.94. The van der Waals surface area contributed by atoms with E-state index >= 15 is 0 Å². The van der Waals surface area contributed by atoms with Crippen LogP contribution in [0.2, 0.25) is 0 Å². The molecule has 1 saturated carbocycles. The molecule has 0 aliphatic heterocycles. The number of carboxylic acid groups (broad SMARTS) is 1. The zero-order chi connectivity index (χ0) is 16.0. The molecule has 21 heavy (non-hydrogen) atoms. The second-order valence-electron chi connectivity index (χ2n) is 7.06. The maximum Gasteiger partial charge on any atom is 0.323 e. The summed E-state index contributed by atoms with van der Waals surface area (Å²) in [4.78, 5) is 24.8. The molecule has 0 spiro atoms. The van der Waals surface area contributed by atoms with Crippen LogP contribution in [-0.4, -0.2) is 48.7 Å². The van der Waals surface area contributed by atoms with Gasteiger partial charge in [0, 0.05) is 19.6 Å². The Bertz CT molecular complexity index is 354. The second-order valence-corrected chi connectivity index (χ2v) is 7.06. The molecular formula is C16H29NO4. The van der Waals surface area contributed by atoms with Gasteiger partial charge in [0.25, 0.3) is 0 Å². The fraction of sp³-hybridized carbons (Fsp3) is 0.875. The summed E-state index contributed by atoms with van der Waals surface area (Å²) in [6, 6.07) is 0. The fourth-order valence-electron chi connectivity index (χ4n) is 3.10. The normalized spacial score (nSPS) is 22.9. The molecule has 1 amide bonds. The number of hydrogen-bond donors (Lipinski definition) is 1. The predicted octanol–water partition coefficient (Wildman–Crippen LogP) is 2.40. The molecule has 0 radical (unpaired) electrons. The summed E-state index contributed by atoms with van der Waals surface area (Å²) < 4.78 is 4.97. The van der Waals surface area contributed by atoms with Gasteiger partial charge in [0.1, 0.15) is 6.54 Å². The van der Waals surface area contributed by atoms with Gasteiger partial charge in [-0.05, 0) is 37.0 Å². The van der Waals surface area contributed by atoms with Gasteiger partial charge in [-0.25, -0.2) is 0 Å². The second kappa shape index (κ2) is 7.78. The highest BCUT2D eigenvalue weighted by molar-refractivity contribution is 5.83. The standard InChI is InChI=1S/C16H29NO4/c1-16(2,3)13-7-5-12(6-8-13)15(20)17(9-10-21-4)11-14(18)19/h12-13H,5-11H2,1-4H3,(H,18,19). The Labute approximate surface area is 127 Å². The lowest BCUT2D eigenvalue weighted by Gasteiger charge is -2.37. The number of methoxy groups -OCH3 is 1. The van der Waals surface area contributed by atoms with E-state index in [0.717, 1.165) is 25.7 Å². The number of hydrogen-bond acceptors (Lipinski definition) is 3. The van der Waals surface area contributed by atoms with Crippen molar-refractivity contribution >= 4 is 11.9 Å². The van der Waals surface area contributed by atoms with Crippen LogP contribution in [0.4, 0.5) is 0 Å². The zero-order valence-corrected chi connectivity index (χ0v) is 13.7. The quantitative estimate of drug-likeness (QED) is 0.818. The van der Waals surface area contributed by atoms with Gasteiger partial charge in [-0.3, -0.25) is 9.59 Å². The molecule has 0 aromatic rings. The zero-order valence-electron chi connectivity index (χ0n) is 13.7. The molecule has 0 bridgehead atoms. The van der Waals surface area contributed by atoms with Crippen LogP contribution in [0.25, 0.3) is 0 Å². The molecule has 0 aromatic carbocycles. The van der Waals surface area contributed by atoms with E-state index in [9.17, 15) is 9.59 Å². The molecule has 1 N–H and O–H groups in total. The van der Waals surface area contributed by atoms with E-state index in [1.54, 1.807) is 7.11 Å². The average Bonchev–Trinajstić information content (AvgIpc) is 2.41. The summed E-state index contributed by atoms with van der Waals surface area (Å²) in [6.07, 6.45) is 3.82. The van der Waals surface area contributed by atoms with Crippen LogP contribution >= 0.6 is 0 Å². The highest BCUT2D eigenvalue weighted by atomic mass is 16.5. The van der Waals surface area contributed by atoms with Crippen LogP contribution in [0, 0.1) is 17.3 Å². The van der Waals surface area contributed by atoms with Crippen molar-refractivity contribution in [1.82, 2.24) is 4.90 Å². The highest BCUT2D eigenvalue weighted by Gasteiger charge is 2.34. The van der Waals surface area contributed by atoms with Crippen molar-refractivity contribution in [3.05, 3.63) is 0 Å². The molecule has 5 heteroatoms. The number of ether oxygens (including phenoxy) is 1. The van der Waals surface area contributed by atoms with Gasteiger partial charge in [-0.2, -0.15) is 0 Å². The van der Waals surface area contributed by atoms with Gasteiger partial charge in [-0.15, -0.1) is 0 Å². The number of amides is 1. The van der Waals surface area contributed by atoms with Crippen molar-refractivity contribution in [2.75, 3.05) is 26.8 Å². The van der Waals surface area contributed by atoms with Gasteiger partial charge < -0.3 is 14.7 Å². The molecule has 122 valence electrons. The maximum atomic E-state index is 12.5. The van der Waals surface area contributed by atoms with Crippen molar-refractivity contribution in [2.24, 2.45) is 17.3 Å². The van der Waals surface area contributed by atoms with Crippen LogP contribution < -0.4 is 0 Å². The lowest BCUT2D eigenvalue weighted by Crippen LogP contribution is -2.43. The Kier molecular flexibility index (Phi) is 6.65. The molecule has 0 heterocycles. The molecule has 1 aliphatic rings. The molecule has 0 unspecified atom stereocenters. The maximum absolute atomic E-state index is 12.5. The van der Waals surface area contributed by atoms with E-state index in [-0.39, 0.29) is 23.8 Å². The topological polar surface area (TPSA) is 66.8 Å². The fourth-order valence-corrected chi connectivity index (χ4v) is 3.10. The summed E-state index contributed by atoms with van der Waals surface area (Å²) in [5.74, 6) is -0.377. The number of carbonyl (C=O) groups is 2. The summed E-state index contributed by atoms with van der Waals surface area (Å²) in [7, 11) is 1.55. The van der Waals surface area contributed by atoms with E-state index in [1.807, 2.05) is 0 Å². The van der Waals surface area contributed by atoms with Gasteiger partial charge in [-0.1, -0.05) is 20.8 Å². The average molecular weight is 299 g/mol. The largest absolute Gasteiger partial charge is 0.480 e. The van der Waals surface area contributed by atoms with Crippen molar-refractivity contribution in [3.63, 3.8) is 0 Å². The van der Waals surface area contributed by atoms with E-state index < -0.39 is 5.97 Å². The molecule has 1 rings (SSSR count). The van der Waals surface area contributed by atoms with Gasteiger partial charge in [0.05, 0.1) is 6.61 Å². The molecule has 0 aromatic heterocycles. The number of carbonyl (C=O) groups excluding carboxylic acids is 1. The first-order chi connectivity index (χ1) is 9.75. The van der Waals surface area contributed by atoms with E-state index in [4.69, 9.17) is 9.84 Å². The molecule has 1 aliphatic carbocycles. The van der Waals surface area contributed by atoms with Gasteiger partial charge in [0.15, 0.2) is 0 Å². The third kappa shape index (κ3) is 5.65. The lowest BCUT2D eigenvalue weighted by atomic mass is 9.69. The third-order valence-corrected chi connectivity index (χ3v) is 4.50. The molecular weight excluding hydrogens is 270 g/mol. The molecule has 0 atom stereocenters. The van der Waals surface area contributed by atoms with Crippen molar-refractivity contribution < 1.29 is 19.4 Å². The molecule has 5 nitrogen and oxygen atoms in total. The van der Waals surface area contributed by atoms with Crippen molar-refractivity contribution in [1.29, 1.82) is 0 Å². The SMILES string of the molecule is COCCN(CC(=O)O)C(=O)C1CCC(C(C)(C)C)CC1. The van der Waals surface area contributed by atoms with Crippen LogP contribution in [0.5, 0.6) is 0 Å². The summed E-state index contributed by atoms with van der Waals surface area (Å²) in [6.45, 7) is 7.22. The Balaban J connectivity index is 2.58. The summed E-state index contributed by atoms with van der Waals surface area (Å²) >= 11 is 0. The minimum Gasteiger partial charge on any atom is -0.480 e. The smallest absolute Gasteiger partial charge is 0.323 e. The van der Waals surface area contributed by atoms with Crippen LogP contribution in [-0.2, 0) is 14.3 Å². The van der Waals surface area contributed by atoms with Crippen LogP contribution in [0.1, 0.15) is 46.5 Å². The van der Waals surface area contributed by atoms with Gasteiger partial charge in [0.2, 0.25) is 5.91 Å². The van der Waals surface area contributed by atoms with Crippen molar-refractivity contribution in [3.8, 4) is 0 Å². The third-order valence-electron chi connectivity index (χ3n) is 4.50.